The highest BCUT2D eigenvalue weighted by molar-refractivity contribution is 5.46. The standard InChI is InChI=1S/C16H15F3N3/c1-11-6-15(22(9-11)14-7-20-10-21-8-14)12-2-4-13(5-3-12)16(17,18)19/h2-5,7,10-11,15H,6,9H2,1H3. The van der Waals surface area contributed by atoms with Crippen LogP contribution in [0.2, 0.25) is 0 Å². The Hall–Kier alpha value is -2.11. The Morgan fingerprint density at radius 3 is 2.55 bits per heavy atom. The fraction of sp³-hybridized carbons (Fsp3) is 0.375. The second-order valence-electron chi connectivity index (χ2n) is 5.65. The zero-order valence-corrected chi connectivity index (χ0v) is 12.0. The van der Waals surface area contributed by atoms with Gasteiger partial charge in [-0.15, -0.1) is 0 Å². The number of halogens is 3. The van der Waals surface area contributed by atoms with Crippen LogP contribution in [0.4, 0.5) is 18.9 Å². The number of hydrogen-bond donors (Lipinski definition) is 0. The molecule has 3 rings (SSSR count). The third-order valence-electron chi connectivity index (χ3n) is 3.94. The SMILES string of the molecule is CC1CC(c2ccc(C(F)(F)F)cc2)N(c2[c]ncnc2)C1. The van der Waals surface area contributed by atoms with Crippen molar-refractivity contribution in [2.45, 2.75) is 25.6 Å². The average Bonchev–Trinajstić information content (AvgIpc) is 2.89. The van der Waals surface area contributed by atoms with Crippen LogP contribution in [0.15, 0.2) is 36.8 Å². The molecule has 0 amide bonds. The molecule has 1 radical (unpaired) electrons. The van der Waals surface area contributed by atoms with Crippen LogP contribution in [-0.4, -0.2) is 16.5 Å². The molecule has 22 heavy (non-hydrogen) atoms. The van der Waals surface area contributed by atoms with Crippen molar-refractivity contribution in [3.05, 3.63) is 54.1 Å². The largest absolute Gasteiger partial charge is 0.416 e. The van der Waals surface area contributed by atoms with Crippen molar-refractivity contribution >= 4 is 5.69 Å². The third kappa shape index (κ3) is 2.91. The molecule has 1 aromatic heterocycles. The smallest absolute Gasteiger partial charge is 0.361 e. The highest BCUT2D eigenvalue weighted by Crippen LogP contribution is 2.39. The van der Waals surface area contributed by atoms with E-state index in [1.165, 1.54) is 6.33 Å². The van der Waals surface area contributed by atoms with Crippen molar-refractivity contribution in [3.8, 4) is 0 Å². The van der Waals surface area contributed by atoms with Crippen LogP contribution < -0.4 is 4.90 Å². The molecule has 2 atom stereocenters. The average molecular weight is 306 g/mol. The second kappa shape index (κ2) is 5.59. The molecule has 2 unspecified atom stereocenters. The van der Waals surface area contributed by atoms with Crippen molar-refractivity contribution in [2.75, 3.05) is 11.4 Å². The van der Waals surface area contributed by atoms with Gasteiger partial charge < -0.3 is 4.90 Å². The van der Waals surface area contributed by atoms with Gasteiger partial charge in [0, 0.05) is 6.54 Å². The molecule has 0 bridgehead atoms. The van der Waals surface area contributed by atoms with Gasteiger partial charge >= 0.3 is 6.18 Å². The van der Waals surface area contributed by atoms with Crippen LogP contribution in [0.3, 0.4) is 0 Å². The van der Waals surface area contributed by atoms with Crippen molar-refractivity contribution in [3.63, 3.8) is 0 Å². The molecule has 0 spiro atoms. The summed E-state index contributed by atoms with van der Waals surface area (Å²) in [5.74, 6) is 0.445. The summed E-state index contributed by atoms with van der Waals surface area (Å²) in [6.45, 7) is 2.94. The predicted molar refractivity (Wildman–Crippen MR) is 76.2 cm³/mol. The van der Waals surface area contributed by atoms with Gasteiger partial charge in [-0.3, -0.25) is 0 Å². The third-order valence-corrected chi connectivity index (χ3v) is 3.94. The van der Waals surface area contributed by atoms with E-state index in [4.69, 9.17) is 0 Å². The minimum absolute atomic E-state index is 0.0273. The lowest BCUT2D eigenvalue weighted by Crippen LogP contribution is -2.23. The van der Waals surface area contributed by atoms with Gasteiger partial charge in [-0.2, -0.15) is 13.2 Å². The number of anilines is 1. The molecule has 115 valence electrons. The molecule has 0 saturated carbocycles. The first-order valence-electron chi connectivity index (χ1n) is 7.06. The van der Waals surface area contributed by atoms with Gasteiger partial charge in [-0.05, 0) is 30.0 Å². The Bertz CT molecular complexity index is 625. The number of alkyl halides is 3. The molecule has 1 aromatic carbocycles. The summed E-state index contributed by atoms with van der Waals surface area (Å²) in [5.41, 5.74) is 1.02. The van der Waals surface area contributed by atoms with Gasteiger partial charge in [-0.25, -0.2) is 9.97 Å². The van der Waals surface area contributed by atoms with E-state index in [1.807, 2.05) is 0 Å². The lowest BCUT2D eigenvalue weighted by Gasteiger charge is -2.26. The Kier molecular flexibility index (Phi) is 3.76. The van der Waals surface area contributed by atoms with Crippen LogP contribution in [-0.2, 0) is 6.18 Å². The number of rotatable bonds is 2. The van der Waals surface area contributed by atoms with Crippen molar-refractivity contribution in [1.82, 2.24) is 9.97 Å². The van der Waals surface area contributed by atoms with Gasteiger partial charge in [0.05, 0.1) is 23.5 Å². The highest BCUT2D eigenvalue weighted by Gasteiger charge is 2.33. The van der Waals surface area contributed by atoms with Crippen molar-refractivity contribution < 1.29 is 13.2 Å². The Morgan fingerprint density at radius 2 is 1.95 bits per heavy atom. The molecule has 6 heteroatoms. The minimum atomic E-state index is -4.30. The molecule has 0 N–H and O–H groups in total. The summed E-state index contributed by atoms with van der Waals surface area (Å²) in [5, 5.41) is 0. The van der Waals surface area contributed by atoms with Crippen LogP contribution in [0.25, 0.3) is 0 Å². The molecule has 3 nitrogen and oxygen atoms in total. The first kappa shape index (κ1) is 14.8. The molecule has 1 aliphatic heterocycles. The number of aromatic nitrogens is 2. The fourth-order valence-corrected chi connectivity index (χ4v) is 2.92. The number of hydrogen-bond acceptors (Lipinski definition) is 3. The van der Waals surface area contributed by atoms with E-state index in [0.29, 0.717) is 5.92 Å². The van der Waals surface area contributed by atoms with Crippen molar-refractivity contribution in [1.29, 1.82) is 0 Å². The van der Waals surface area contributed by atoms with Gasteiger partial charge in [0.2, 0.25) is 0 Å². The van der Waals surface area contributed by atoms with Gasteiger partial charge in [-0.1, -0.05) is 19.1 Å². The van der Waals surface area contributed by atoms with Crippen LogP contribution in [0.5, 0.6) is 0 Å². The first-order valence-corrected chi connectivity index (χ1v) is 7.06. The first-order chi connectivity index (χ1) is 10.4. The minimum Gasteiger partial charge on any atom is -0.361 e. The van der Waals surface area contributed by atoms with Crippen molar-refractivity contribution in [2.24, 2.45) is 5.92 Å². The van der Waals surface area contributed by atoms with Gasteiger partial charge in [0.15, 0.2) is 0 Å². The van der Waals surface area contributed by atoms with Crippen LogP contribution >= 0.6 is 0 Å². The summed E-state index contributed by atoms with van der Waals surface area (Å²) in [6.07, 6.45) is 2.57. The molecule has 2 heterocycles. The van der Waals surface area contributed by atoms with Gasteiger partial charge in [0.1, 0.15) is 12.5 Å². The molecule has 1 aliphatic rings. The Labute approximate surface area is 126 Å². The monoisotopic (exact) mass is 306 g/mol. The van der Waals surface area contributed by atoms with E-state index in [2.05, 4.69) is 28.0 Å². The maximum atomic E-state index is 12.7. The zero-order chi connectivity index (χ0) is 15.7. The quantitative estimate of drug-likeness (QED) is 0.843. The summed E-state index contributed by atoms with van der Waals surface area (Å²) < 4.78 is 38.0. The second-order valence-corrected chi connectivity index (χ2v) is 5.65. The Balaban J connectivity index is 1.89. The maximum Gasteiger partial charge on any atom is 0.416 e. The normalized spacial score (nSPS) is 22.1. The molecule has 0 aliphatic carbocycles. The van der Waals surface area contributed by atoms with E-state index in [9.17, 15) is 13.2 Å². The molecule has 1 fully saturated rings. The van der Waals surface area contributed by atoms with E-state index in [1.54, 1.807) is 18.3 Å². The molecule has 1 saturated heterocycles. The summed E-state index contributed by atoms with van der Waals surface area (Å²) in [6, 6.07) is 5.42. The summed E-state index contributed by atoms with van der Waals surface area (Å²) >= 11 is 0. The zero-order valence-electron chi connectivity index (χ0n) is 12.0. The fourth-order valence-electron chi connectivity index (χ4n) is 2.92. The van der Waals surface area contributed by atoms with E-state index in [-0.39, 0.29) is 6.04 Å². The Morgan fingerprint density at radius 1 is 1.23 bits per heavy atom. The lowest BCUT2D eigenvalue weighted by atomic mass is 9.99. The number of benzene rings is 1. The molecular formula is C16H15F3N3. The highest BCUT2D eigenvalue weighted by atomic mass is 19.4. The van der Waals surface area contributed by atoms with Crippen LogP contribution in [0.1, 0.15) is 30.5 Å². The molecule has 2 aromatic rings. The summed E-state index contributed by atoms with van der Waals surface area (Å²) in [4.78, 5) is 10.0. The lowest BCUT2D eigenvalue weighted by molar-refractivity contribution is -0.137. The van der Waals surface area contributed by atoms with Gasteiger partial charge in [0.25, 0.3) is 0 Å². The van der Waals surface area contributed by atoms with E-state index < -0.39 is 11.7 Å². The number of nitrogens with zero attached hydrogens (tertiary/aromatic N) is 3. The van der Waals surface area contributed by atoms with Crippen LogP contribution in [0, 0.1) is 12.1 Å². The maximum absolute atomic E-state index is 12.7. The molecular weight excluding hydrogens is 291 g/mol. The van der Waals surface area contributed by atoms with E-state index in [0.717, 1.165) is 36.3 Å². The summed E-state index contributed by atoms with van der Waals surface area (Å²) in [7, 11) is 0. The topological polar surface area (TPSA) is 29.0 Å². The predicted octanol–water partition coefficient (Wildman–Crippen LogP) is 3.88. The van der Waals surface area contributed by atoms with E-state index >= 15 is 0 Å².